The highest BCUT2D eigenvalue weighted by Gasteiger charge is 2.31. The van der Waals surface area contributed by atoms with Gasteiger partial charge in [-0.1, -0.05) is 33.1 Å². The van der Waals surface area contributed by atoms with E-state index in [1.54, 1.807) is 0 Å². The summed E-state index contributed by atoms with van der Waals surface area (Å²) in [5.74, 6) is 1.72. The van der Waals surface area contributed by atoms with Crippen molar-refractivity contribution in [2.45, 2.75) is 64.0 Å². The highest BCUT2D eigenvalue weighted by Crippen LogP contribution is 2.33. The summed E-state index contributed by atoms with van der Waals surface area (Å²) in [6.45, 7) is 11.2. The summed E-state index contributed by atoms with van der Waals surface area (Å²) >= 11 is 1.95. The lowest BCUT2D eigenvalue weighted by Crippen LogP contribution is -2.42. The number of nitrogens with zero attached hydrogens (tertiary/aromatic N) is 1. The van der Waals surface area contributed by atoms with Crippen molar-refractivity contribution in [3.63, 3.8) is 0 Å². The van der Waals surface area contributed by atoms with Crippen LogP contribution in [0.4, 0.5) is 0 Å². The van der Waals surface area contributed by atoms with Gasteiger partial charge in [0.05, 0.1) is 6.54 Å². The molecule has 24 heavy (non-hydrogen) atoms. The maximum Gasteiger partial charge on any atom is 0.191 e. The summed E-state index contributed by atoms with van der Waals surface area (Å²) in [4.78, 5) is 4.88. The Morgan fingerprint density at radius 1 is 1.21 bits per heavy atom. The standard InChI is InChI=1S/C18H37N3OS.HI/c1-5-8-9-16(6-2)14-20-17(19-7-3)21-15-18(23-4)10-12-22-13-11-18;/h16H,5-15H2,1-4H3,(H2,19,20,21);1H. The molecule has 144 valence electrons. The number of nitrogens with one attached hydrogen (secondary N) is 2. The fraction of sp³-hybridized carbons (Fsp3) is 0.944. The molecule has 0 saturated carbocycles. The molecule has 6 heteroatoms. The number of rotatable bonds is 10. The van der Waals surface area contributed by atoms with Crippen molar-refractivity contribution in [2.75, 3.05) is 39.1 Å². The zero-order valence-corrected chi connectivity index (χ0v) is 19.2. The minimum atomic E-state index is 0. The van der Waals surface area contributed by atoms with Crippen molar-refractivity contribution in [3.05, 3.63) is 0 Å². The Morgan fingerprint density at radius 3 is 2.46 bits per heavy atom. The smallest absolute Gasteiger partial charge is 0.191 e. The maximum atomic E-state index is 5.52. The average Bonchev–Trinajstić information content (AvgIpc) is 2.60. The van der Waals surface area contributed by atoms with E-state index in [1.165, 1.54) is 25.7 Å². The summed E-state index contributed by atoms with van der Waals surface area (Å²) in [6, 6.07) is 0. The third-order valence-electron chi connectivity index (χ3n) is 4.81. The molecule has 1 aliphatic heterocycles. The SMILES string of the molecule is CCCCC(CC)CNC(=NCC1(SC)CCOCC1)NCC.I. The molecule has 0 aromatic carbocycles. The van der Waals surface area contributed by atoms with E-state index in [1.807, 2.05) is 11.8 Å². The lowest BCUT2D eigenvalue weighted by Gasteiger charge is -2.34. The molecule has 1 saturated heterocycles. The van der Waals surface area contributed by atoms with Crippen LogP contribution in [-0.4, -0.2) is 49.8 Å². The molecule has 0 amide bonds. The molecule has 4 nitrogen and oxygen atoms in total. The predicted octanol–water partition coefficient (Wildman–Crippen LogP) is 4.29. The largest absolute Gasteiger partial charge is 0.381 e. The zero-order chi connectivity index (χ0) is 17.0. The van der Waals surface area contributed by atoms with Gasteiger partial charge in [-0.3, -0.25) is 4.99 Å². The number of unbranched alkanes of at least 4 members (excludes halogenated alkanes) is 1. The molecule has 0 aliphatic carbocycles. The predicted molar refractivity (Wildman–Crippen MR) is 119 cm³/mol. The third kappa shape index (κ3) is 9.13. The van der Waals surface area contributed by atoms with Crippen molar-refractivity contribution >= 4 is 41.7 Å². The second kappa shape index (κ2) is 14.5. The van der Waals surface area contributed by atoms with Gasteiger partial charge in [-0.05, 0) is 38.4 Å². The Balaban J connectivity index is 0.00000529. The Labute approximate surface area is 170 Å². The molecule has 0 aromatic rings. The van der Waals surface area contributed by atoms with Crippen LogP contribution in [0.25, 0.3) is 0 Å². The molecule has 1 unspecified atom stereocenters. The van der Waals surface area contributed by atoms with Crippen molar-refractivity contribution in [3.8, 4) is 0 Å². The molecular formula is C18H38IN3OS. The van der Waals surface area contributed by atoms with E-state index in [9.17, 15) is 0 Å². The number of ether oxygens (including phenoxy) is 1. The van der Waals surface area contributed by atoms with E-state index in [2.05, 4.69) is 37.7 Å². The normalized spacial score (nSPS) is 18.6. The number of hydrogen-bond donors (Lipinski definition) is 2. The van der Waals surface area contributed by atoms with E-state index in [0.717, 1.165) is 57.6 Å². The maximum absolute atomic E-state index is 5.52. The van der Waals surface area contributed by atoms with E-state index in [0.29, 0.717) is 0 Å². The molecule has 1 heterocycles. The minimum absolute atomic E-state index is 0. The Bertz CT molecular complexity index is 336. The number of halogens is 1. The quantitative estimate of drug-likeness (QED) is 0.284. The molecule has 0 bridgehead atoms. The van der Waals surface area contributed by atoms with Gasteiger partial charge in [-0.25, -0.2) is 0 Å². The molecule has 0 aromatic heterocycles. The molecule has 1 atom stereocenters. The van der Waals surface area contributed by atoms with Gasteiger partial charge >= 0.3 is 0 Å². The topological polar surface area (TPSA) is 45.7 Å². The number of guanidine groups is 1. The van der Waals surface area contributed by atoms with Gasteiger partial charge in [-0.15, -0.1) is 24.0 Å². The van der Waals surface area contributed by atoms with Gasteiger partial charge in [0.2, 0.25) is 0 Å². The monoisotopic (exact) mass is 471 g/mol. The number of thioether (sulfide) groups is 1. The molecule has 1 aliphatic rings. The van der Waals surface area contributed by atoms with Crippen LogP contribution in [0.15, 0.2) is 4.99 Å². The fourth-order valence-electron chi connectivity index (χ4n) is 2.92. The second-order valence-electron chi connectivity index (χ2n) is 6.49. The Kier molecular flexibility index (Phi) is 14.7. The summed E-state index contributed by atoms with van der Waals surface area (Å²) in [7, 11) is 0. The van der Waals surface area contributed by atoms with E-state index in [-0.39, 0.29) is 28.7 Å². The summed E-state index contributed by atoms with van der Waals surface area (Å²) in [6.07, 6.45) is 9.56. The summed E-state index contributed by atoms with van der Waals surface area (Å²) < 4.78 is 5.78. The first-order chi connectivity index (χ1) is 11.2. The van der Waals surface area contributed by atoms with Gasteiger partial charge in [0.25, 0.3) is 0 Å². The Hall–Kier alpha value is 0.310. The molecule has 2 N–H and O–H groups in total. The number of hydrogen-bond acceptors (Lipinski definition) is 3. The fourth-order valence-corrected chi connectivity index (χ4v) is 3.69. The summed E-state index contributed by atoms with van der Waals surface area (Å²) in [5, 5.41) is 6.96. The molecule has 0 radical (unpaired) electrons. The van der Waals surface area contributed by atoms with Crippen molar-refractivity contribution in [1.29, 1.82) is 0 Å². The first-order valence-corrected chi connectivity index (χ1v) is 10.6. The van der Waals surface area contributed by atoms with Crippen LogP contribution in [0.1, 0.15) is 59.3 Å². The van der Waals surface area contributed by atoms with Crippen LogP contribution in [0, 0.1) is 5.92 Å². The average molecular weight is 471 g/mol. The van der Waals surface area contributed by atoms with Gasteiger partial charge in [-0.2, -0.15) is 11.8 Å². The highest BCUT2D eigenvalue weighted by atomic mass is 127. The molecule has 0 spiro atoms. The first-order valence-electron chi connectivity index (χ1n) is 9.34. The third-order valence-corrected chi connectivity index (χ3v) is 6.21. The van der Waals surface area contributed by atoms with Crippen LogP contribution < -0.4 is 10.6 Å². The number of aliphatic imine (C=N–C) groups is 1. The second-order valence-corrected chi connectivity index (χ2v) is 7.77. The summed E-state index contributed by atoms with van der Waals surface area (Å²) in [5.41, 5.74) is 0. The Morgan fingerprint density at radius 2 is 1.92 bits per heavy atom. The lowest BCUT2D eigenvalue weighted by atomic mass is 9.99. The van der Waals surface area contributed by atoms with Crippen molar-refractivity contribution in [1.82, 2.24) is 10.6 Å². The van der Waals surface area contributed by atoms with Crippen LogP contribution in [0.3, 0.4) is 0 Å². The van der Waals surface area contributed by atoms with Crippen LogP contribution >= 0.6 is 35.7 Å². The van der Waals surface area contributed by atoms with Gasteiger partial charge < -0.3 is 15.4 Å². The zero-order valence-electron chi connectivity index (χ0n) is 16.0. The van der Waals surface area contributed by atoms with E-state index >= 15 is 0 Å². The van der Waals surface area contributed by atoms with Crippen molar-refractivity contribution in [2.24, 2.45) is 10.9 Å². The molecule has 1 fully saturated rings. The van der Waals surface area contributed by atoms with Crippen molar-refractivity contribution < 1.29 is 4.74 Å². The minimum Gasteiger partial charge on any atom is -0.381 e. The molecular weight excluding hydrogens is 433 g/mol. The van der Waals surface area contributed by atoms with Crippen LogP contribution in [0.2, 0.25) is 0 Å². The first kappa shape index (κ1) is 24.3. The van der Waals surface area contributed by atoms with Gasteiger partial charge in [0.1, 0.15) is 0 Å². The highest BCUT2D eigenvalue weighted by molar-refractivity contribution is 14.0. The molecule has 1 rings (SSSR count). The van der Waals surface area contributed by atoms with Gasteiger partial charge in [0, 0.05) is 31.1 Å². The van der Waals surface area contributed by atoms with E-state index in [4.69, 9.17) is 9.73 Å². The van der Waals surface area contributed by atoms with E-state index < -0.39 is 0 Å². The van der Waals surface area contributed by atoms with Crippen LogP contribution in [0.5, 0.6) is 0 Å². The van der Waals surface area contributed by atoms with Crippen LogP contribution in [-0.2, 0) is 4.74 Å². The van der Waals surface area contributed by atoms with Gasteiger partial charge in [0.15, 0.2) is 5.96 Å². The lowest BCUT2D eigenvalue weighted by molar-refractivity contribution is 0.0794.